The number of carbonyl (C=O) groups is 1. The highest BCUT2D eigenvalue weighted by Gasteiger charge is 2.04. The Kier molecular flexibility index (Phi) is 5.63. The van der Waals surface area contributed by atoms with Gasteiger partial charge in [0, 0.05) is 26.3 Å². The van der Waals surface area contributed by atoms with Gasteiger partial charge in [0.2, 0.25) is 0 Å². The molecule has 0 aromatic heterocycles. The summed E-state index contributed by atoms with van der Waals surface area (Å²) in [6.07, 6.45) is 0. The monoisotopic (exact) mass is 312 g/mol. The molecule has 4 heteroatoms. The summed E-state index contributed by atoms with van der Waals surface area (Å²) in [5.41, 5.74) is 4.57. The maximum absolute atomic E-state index is 11.9. The van der Waals surface area contributed by atoms with Gasteiger partial charge in [-0.2, -0.15) is 0 Å². The van der Waals surface area contributed by atoms with Crippen LogP contribution < -0.4 is 15.0 Å². The lowest BCUT2D eigenvalue weighted by atomic mass is 10.1. The van der Waals surface area contributed by atoms with E-state index in [9.17, 15) is 4.79 Å². The van der Waals surface area contributed by atoms with E-state index in [2.05, 4.69) is 5.32 Å². The Hall–Kier alpha value is -2.49. The van der Waals surface area contributed by atoms with Gasteiger partial charge in [0.1, 0.15) is 5.75 Å². The normalized spacial score (nSPS) is 10.3. The zero-order valence-corrected chi connectivity index (χ0v) is 14.2. The Labute approximate surface area is 138 Å². The van der Waals surface area contributed by atoms with Gasteiger partial charge in [0.15, 0.2) is 6.61 Å². The summed E-state index contributed by atoms with van der Waals surface area (Å²) in [6, 6.07) is 13.9. The van der Waals surface area contributed by atoms with E-state index in [0.29, 0.717) is 6.54 Å². The fourth-order valence-electron chi connectivity index (χ4n) is 2.12. The van der Waals surface area contributed by atoms with Crippen molar-refractivity contribution >= 4 is 11.6 Å². The quantitative estimate of drug-likeness (QED) is 0.891. The maximum Gasteiger partial charge on any atom is 0.258 e. The summed E-state index contributed by atoms with van der Waals surface area (Å²) in [7, 11) is 4.00. The first kappa shape index (κ1) is 16.9. The lowest BCUT2D eigenvalue weighted by Crippen LogP contribution is -2.28. The molecular weight excluding hydrogens is 288 g/mol. The molecule has 0 saturated heterocycles. The molecule has 2 rings (SSSR count). The first-order valence-electron chi connectivity index (χ1n) is 7.69. The van der Waals surface area contributed by atoms with Crippen LogP contribution in [0, 0.1) is 13.8 Å². The van der Waals surface area contributed by atoms with Gasteiger partial charge in [-0.05, 0) is 54.8 Å². The molecule has 0 radical (unpaired) electrons. The molecule has 0 aliphatic rings. The summed E-state index contributed by atoms with van der Waals surface area (Å²) in [4.78, 5) is 13.9. The molecule has 23 heavy (non-hydrogen) atoms. The van der Waals surface area contributed by atoms with E-state index in [-0.39, 0.29) is 12.5 Å². The molecule has 1 amide bonds. The number of nitrogens with one attached hydrogen (secondary N) is 1. The van der Waals surface area contributed by atoms with Crippen molar-refractivity contribution in [1.82, 2.24) is 5.32 Å². The topological polar surface area (TPSA) is 41.6 Å². The Bertz CT molecular complexity index is 664. The molecule has 0 saturated carbocycles. The van der Waals surface area contributed by atoms with E-state index in [1.54, 1.807) is 0 Å². The second-order valence-electron chi connectivity index (χ2n) is 5.87. The number of nitrogens with zero attached hydrogens (tertiary/aromatic N) is 1. The summed E-state index contributed by atoms with van der Waals surface area (Å²) in [5.74, 6) is 0.596. The summed E-state index contributed by atoms with van der Waals surface area (Å²) in [6.45, 7) is 4.61. The fourth-order valence-corrected chi connectivity index (χ4v) is 2.12. The Balaban J connectivity index is 1.79. The number of amides is 1. The van der Waals surface area contributed by atoms with Crippen LogP contribution in [-0.2, 0) is 11.3 Å². The number of benzene rings is 2. The van der Waals surface area contributed by atoms with Crippen LogP contribution in [0.3, 0.4) is 0 Å². The molecule has 0 bridgehead atoms. The largest absolute Gasteiger partial charge is 0.484 e. The molecule has 4 nitrogen and oxygen atoms in total. The number of carbonyl (C=O) groups excluding carboxylic acids is 1. The molecule has 2 aromatic carbocycles. The van der Waals surface area contributed by atoms with Crippen molar-refractivity contribution in [3.63, 3.8) is 0 Å². The highest BCUT2D eigenvalue weighted by atomic mass is 16.5. The molecule has 122 valence electrons. The highest BCUT2D eigenvalue weighted by molar-refractivity contribution is 5.77. The average molecular weight is 312 g/mol. The van der Waals surface area contributed by atoms with Crippen LogP contribution >= 0.6 is 0 Å². The van der Waals surface area contributed by atoms with Crippen molar-refractivity contribution in [3.8, 4) is 5.75 Å². The smallest absolute Gasteiger partial charge is 0.258 e. The van der Waals surface area contributed by atoms with Crippen LogP contribution in [0.5, 0.6) is 5.75 Å². The van der Waals surface area contributed by atoms with Crippen molar-refractivity contribution in [3.05, 3.63) is 59.2 Å². The summed E-state index contributed by atoms with van der Waals surface area (Å²) >= 11 is 0. The number of ether oxygens (including phenoxy) is 1. The van der Waals surface area contributed by atoms with E-state index in [4.69, 9.17) is 4.74 Å². The van der Waals surface area contributed by atoms with Gasteiger partial charge in [-0.15, -0.1) is 0 Å². The molecular formula is C19H24N2O2. The van der Waals surface area contributed by atoms with E-state index >= 15 is 0 Å². The van der Waals surface area contributed by atoms with Gasteiger partial charge >= 0.3 is 0 Å². The molecule has 0 spiro atoms. The number of anilines is 1. The first-order chi connectivity index (χ1) is 11.0. The third kappa shape index (κ3) is 5.02. The number of hydrogen-bond donors (Lipinski definition) is 1. The van der Waals surface area contributed by atoms with Crippen molar-refractivity contribution in [2.75, 3.05) is 25.6 Å². The molecule has 0 heterocycles. The van der Waals surface area contributed by atoms with Crippen LogP contribution in [0.2, 0.25) is 0 Å². The van der Waals surface area contributed by atoms with Crippen LogP contribution in [0.4, 0.5) is 5.69 Å². The van der Waals surface area contributed by atoms with Gasteiger partial charge < -0.3 is 15.0 Å². The van der Waals surface area contributed by atoms with Crippen molar-refractivity contribution < 1.29 is 9.53 Å². The van der Waals surface area contributed by atoms with Gasteiger partial charge in [0.25, 0.3) is 5.91 Å². The Morgan fingerprint density at radius 1 is 1.04 bits per heavy atom. The predicted octanol–water partition coefficient (Wildman–Crippen LogP) is 3.06. The minimum Gasteiger partial charge on any atom is -0.484 e. The van der Waals surface area contributed by atoms with Crippen molar-refractivity contribution in [1.29, 1.82) is 0 Å². The van der Waals surface area contributed by atoms with Gasteiger partial charge in [-0.3, -0.25) is 4.79 Å². The van der Waals surface area contributed by atoms with Crippen LogP contribution in [0.15, 0.2) is 42.5 Å². The van der Waals surface area contributed by atoms with Gasteiger partial charge in [-0.1, -0.05) is 18.2 Å². The van der Waals surface area contributed by atoms with E-state index < -0.39 is 0 Å². The van der Waals surface area contributed by atoms with Crippen LogP contribution in [0.25, 0.3) is 0 Å². The standard InChI is InChI=1S/C19H24N2O2/c1-14-5-10-18(11-15(14)2)23-13-19(22)20-12-16-6-8-17(9-7-16)21(3)4/h5-11H,12-13H2,1-4H3,(H,20,22). The maximum atomic E-state index is 11.9. The highest BCUT2D eigenvalue weighted by Crippen LogP contribution is 2.16. The minimum atomic E-state index is -0.125. The predicted molar refractivity (Wildman–Crippen MR) is 94.0 cm³/mol. The Morgan fingerprint density at radius 2 is 1.74 bits per heavy atom. The zero-order valence-electron chi connectivity index (χ0n) is 14.2. The average Bonchev–Trinajstić information content (AvgIpc) is 2.54. The van der Waals surface area contributed by atoms with Crippen molar-refractivity contribution in [2.45, 2.75) is 20.4 Å². The fraction of sp³-hybridized carbons (Fsp3) is 0.316. The number of aryl methyl sites for hydroxylation is 2. The summed E-state index contributed by atoms with van der Waals surface area (Å²) < 4.78 is 5.52. The second kappa shape index (κ2) is 7.68. The van der Waals surface area contributed by atoms with Crippen LogP contribution in [-0.4, -0.2) is 26.6 Å². The third-order valence-electron chi connectivity index (χ3n) is 3.79. The lowest BCUT2D eigenvalue weighted by molar-refractivity contribution is -0.123. The van der Waals surface area contributed by atoms with Crippen LogP contribution in [0.1, 0.15) is 16.7 Å². The minimum absolute atomic E-state index is 0.0261. The molecule has 0 aliphatic carbocycles. The second-order valence-corrected chi connectivity index (χ2v) is 5.87. The van der Waals surface area contributed by atoms with Gasteiger partial charge in [0.05, 0.1) is 0 Å². The number of hydrogen-bond acceptors (Lipinski definition) is 3. The lowest BCUT2D eigenvalue weighted by Gasteiger charge is -2.13. The zero-order chi connectivity index (χ0) is 16.8. The third-order valence-corrected chi connectivity index (χ3v) is 3.79. The number of rotatable bonds is 6. The molecule has 1 N–H and O–H groups in total. The Morgan fingerprint density at radius 3 is 2.35 bits per heavy atom. The summed E-state index contributed by atoms with van der Waals surface area (Å²) in [5, 5.41) is 2.87. The molecule has 0 aliphatic heterocycles. The molecule has 0 fully saturated rings. The van der Waals surface area contributed by atoms with Gasteiger partial charge in [-0.25, -0.2) is 0 Å². The molecule has 2 aromatic rings. The molecule has 0 atom stereocenters. The molecule has 0 unspecified atom stereocenters. The van der Waals surface area contributed by atoms with Crippen molar-refractivity contribution in [2.24, 2.45) is 0 Å². The van der Waals surface area contributed by atoms with E-state index in [0.717, 1.165) is 22.6 Å². The van der Waals surface area contributed by atoms with E-state index in [1.165, 1.54) is 5.56 Å². The first-order valence-corrected chi connectivity index (χ1v) is 7.69. The SMILES string of the molecule is Cc1ccc(OCC(=O)NCc2ccc(N(C)C)cc2)cc1C. The van der Waals surface area contributed by atoms with E-state index in [1.807, 2.05) is 75.3 Å².